The van der Waals surface area contributed by atoms with E-state index in [0.717, 1.165) is 108 Å². The van der Waals surface area contributed by atoms with Crippen molar-refractivity contribution in [1.82, 2.24) is 0 Å². The van der Waals surface area contributed by atoms with Crippen LogP contribution >= 0.6 is 15.6 Å². The minimum atomic E-state index is -4.96. The Bertz CT molecular complexity index is 1950. The van der Waals surface area contributed by atoms with Crippen LogP contribution in [0.25, 0.3) is 0 Å². The number of carbonyl (C=O) groups is 4. The van der Waals surface area contributed by atoms with Crippen LogP contribution in [0, 0.1) is 23.7 Å². The third-order valence-corrected chi connectivity index (χ3v) is 20.7. The highest BCUT2D eigenvalue weighted by Crippen LogP contribution is 2.45. The number of unbranched alkanes of at least 4 members (excludes halogenated alkanes) is 44. The molecule has 594 valence electrons. The molecule has 0 aliphatic rings. The van der Waals surface area contributed by atoms with Crippen LogP contribution < -0.4 is 0 Å². The fourth-order valence-corrected chi connectivity index (χ4v) is 14.0. The van der Waals surface area contributed by atoms with Crippen molar-refractivity contribution < 1.29 is 80.2 Å². The molecule has 100 heavy (non-hydrogen) atoms. The zero-order chi connectivity index (χ0) is 73.8. The fraction of sp³-hybridized carbons (Fsp3) is 0.951. The van der Waals surface area contributed by atoms with Gasteiger partial charge in [0, 0.05) is 25.7 Å². The Labute approximate surface area is 613 Å². The molecule has 0 saturated heterocycles. The van der Waals surface area contributed by atoms with Gasteiger partial charge in [-0.05, 0) is 49.4 Å². The van der Waals surface area contributed by atoms with Gasteiger partial charge in [-0.3, -0.25) is 37.3 Å². The molecule has 0 fully saturated rings. The van der Waals surface area contributed by atoms with Crippen LogP contribution in [-0.4, -0.2) is 96.7 Å². The topological polar surface area (TPSA) is 237 Å². The summed E-state index contributed by atoms with van der Waals surface area (Å²) in [6, 6.07) is 0. The van der Waals surface area contributed by atoms with Crippen molar-refractivity contribution in [3.63, 3.8) is 0 Å². The molecule has 0 heterocycles. The number of ether oxygens (including phenoxy) is 4. The first kappa shape index (κ1) is 98.1. The van der Waals surface area contributed by atoms with E-state index in [-0.39, 0.29) is 25.7 Å². The summed E-state index contributed by atoms with van der Waals surface area (Å²) in [5, 5.41) is 10.6. The number of rotatable bonds is 78. The molecular formula is C81H158O17P2. The zero-order valence-electron chi connectivity index (χ0n) is 65.8. The molecule has 3 N–H and O–H groups in total. The molecule has 0 amide bonds. The number of carbonyl (C=O) groups excluding carboxylic acids is 4. The van der Waals surface area contributed by atoms with Crippen LogP contribution in [0.5, 0.6) is 0 Å². The molecule has 0 saturated carbocycles. The van der Waals surface area contributed by atoms with E-state index in [9.17, 15) is 43.2 Å². The molecule has 19 heteroatoms. The minimum Gasteiger partial charge on any atom is -0.462 e. The van der Waals surface area contributed by atoms with Crippen LogP contribution in [0.4, 0.5) is 0 Å². The summed E-state index contributed by atoms with van der Waals surface area (Å²) in [7, 11) is -9.92. The van der Waals surface area contributed by atoms with Gasteiger partial charge in [-0.2, -0.15) is 0 Å². The predicted octanol–water partition coefficient (Wildman–Crippen LogP) is 24.0. The molecule has 0 aromatic carbocycles. The van der Waals surface area contributed by atoms with E-state index in [4.69, 9.17) is 37.0 Å². The molecule has 17 nitrogen and oxygen atoms in total. The quantitative estimate of drug-likeness (QED) is 0.0222. The molecule has 0 bridgehead atoms. The summed E-state index contributed by atoms with van der Waals surface area (Å²) in [4.78, 5) is 72.9. The number of aliphatic hydroxyl groups excluding tert-OH is 1. The number of esters is 4. The Balaban J connectivity index is 5.13. The van der Waals surface area contributed by atoms with Crippen molar-refractivity contribution in [2.24, 2.45) is 23.7 Å². The Morgan fingerprint density at radius 1 is 0.250 bits per heavy atom. The maximum atomic E-state index is 13.1. The average Bonchev–Trinajstić information content (AvgIpc) is 0.923. The van der Waals surface area contributed by atoms with Gasteiger partial charge in [0.2, 0.25) is 0 Å². The Kier molecular flexibility index (Phi) is 68.7. The van der Waals surface area contributed by atoms with Crippen LogP contribution in [0.15, 0.2) is 0 Å². The number of phosphoric acid groups is 2. The number of hydrogen-bond acceptors (Lipinski definition) is 15. The number of hydrogen-bond donors (Lipinski definition) is 3. The van der Waals surface area contributed by atoms with Gasteiger partial charge in [-0.15, -0.1) is 0 Å². The van der Waals surface area contributed by atoms with E-state index in [0.29, 0.717) is 37.5 Å². The van der Waals surface area contributed by atoms with E-state index in [1.165, 1.54) is 212 Å². The third-order valence-electron chi connectivity index (χ3n) is 18.8. The Hall–Kier alpha value is -1.94. The monoisotopic (exact) mass is 1470 g/mol. The van der Waals surface area contributed by atoms with Crippen LogP contribution in [0.3, 0.4) is 0 Å². The molecule has 5 atom stereocenters. The van der Waals surface area contributed by atoms with Crippen molar-refractivity contribution in [1.29, 1.82) is 0 Å². The van der Waals surface area contributed by atoms with Crippen LogP contribution in [0.2, 0.25) is 0 Å². The molecule has 0 aliphatic heterocycles. The predicted molar refractivity (Wildman–Crippen MR) is 409 cm³/mol. The number of phosphoric ester groups is 2. The second-order valence-electron chi connectivity index (χ2n) is 31.1. The first-order valence-corrected chi connectivity index (χ1v) is 44.7. The van der Waals surface area contributed by atoms with E-state index in [2.05, 4.69) is 55.4 Å². The van der Waals surface area contributed by atoms with Gasteiger partial charge in [-0.1, -0.05) is 364 Å². The maximum absolute atomic E-state index is 13.1. The molecule has 0 spiro atoms. The molecule has 3 unspecified atom stereocenters. The Morgan fingerprint density at radius 2 is 0.420 bits per heavy atom. The van der Waals surface area contributed by atoms with Gasteiger partial charge < -0.3 is 33.8 Å². The molecular weight excluding hydrogens is 1310 g/mol. The molecule has 0 radical (unpaired) electrons. The number of aliphatic hydroxyl groups is 1. The van der Waals surface area contributed by atoms with Crippen LogP contribution in [0.1, 0.15) is 415 Å². The summed E-state index contributed by atoms with van der Waals surface area (Å²) in [6.07, 6.45) is 57.3. The fourth-order valence-electron chi connectivity index (χ4n) is 12.4. The van der Waals surface area contributed by atoms with E-state index in [1.54, 1.807) is 0 Å². The summed E-state index contributed by atoms with van der Waals surface area (Å²) < 4.78 is 68.6. The summed E-state index contributed by atoms with van der Waals surface area (Å²) >= 11 is 0. The SMILES string of the molecule is CC(C)CCCCCCCCCCCCCCCCCCCCC(=O)OC[C@H](COP(=O)(O)OCC(O)COP(=O)(O)OC[C@@H](COC(=O)CCCCCCCCCC(C)C)OC(=O)CCCCCCCCCCCCCCCCCCC(C)C)OC(=O)CCCCCCCCCC(C)C. The first-order valence-electron chi connectivity index (χ1n) is 41.7. The van der Waals surface area contributed by atoms with Gasteiger partial charge in [0.1, 0.15) is 19.3 Å². The lowest BCUT2D eigenvalue weighted by Gasteiger charge is -2.21. The smallest absolute Gasteiger partial charge is 0.462 e. The molecule has 0 aromatic heterocycles. The third kappa shape index (κ3) is 74.3. The summed E-state index contributed by atoms with van der Waals surface area (Å²) in [5.74, 6) is 0.914. The largest absolute Gasteiger partial charge is 0.472 e. The average molecular weight is 1470 g/mol. The van der Waals surface area contributed by atoms with E-state index >= 15 is 0 Å². The lowest BCUT2D eigenvalue weighted by molar-refractivity contribution is -0.161. The highest BCUT2D eigenvalue weighted by atomic mass is 31.2. The van der Waals surface area contributed by atoms with Crippen molar-refractivity contribution in [3.8, 4) is 0 Å². The van der Waals surface area contributed by atoms with Crippen molar-refractivity contribution in [3.05, 3.63) is 0 Å². The second kappa shape index (κ2) is 70.1. The van der Waals surface area contributed by atoms with Crippen LogP contribution in [-0.2, 0) is 65.4 Å². The van der Waals surface area contributed by atoms with Crippen molar-refractivity contribution in [2.45, 2.75) is 433 Å². The first-order chi connectivity index (χ1) is 48.1. The van der Waals surface area contributed by atoms with Gasteiger partial charge in [0.15, 0.2) is 12.2 Å². The zero-order valence-corrected chi connectivity index (χ0v) is 67.6. The highest BCUT2D eigenvalue weighted by molar-refractivity contribution is 7.47. The second-order valence-corrected chi connectivity index (χ2v) is 34.0. The standard InChI is InChI=1S/C81H158O17P2/c1-71(2)57-49-41-33-27-23-19-15-11-9-10-12-17-21-25-29-37-45-53-61-78(83)91-67-77(98-81(86)64-56-48-40-32-36-44-52-60-74(7)8)70-96-100(89,90)94-66-75(82)65-93-99(87,88)95-69-76(68-92-79(84)62-54-46-39-31-35-43-51-59-73(5)6)97-80(85)63-55-47-38-30-26-22-18-14-13-16-20-24-28-34-42-50-58-72(3)4/h71-77,82H,9-70H2,1-8H3,(H,87,88)(H,89,90)/t75?,76-,77-/m1/s1. The molecule has 0 rings (SSSR count). The highest BCUT2D eigenvalue weighted by Gasteiger charge is 2.30. The molecule has 0 aliphatic carbocycles. The van der Waals surface area contributed by atoms with Gasteiger partial charge in [0.25, 0.3) is 0 Å². The van der Waals surface area contributed by atoms with Gasteiger partial charge >= 0.3 is 39.5 Å². The Morgan fingerprint density at radius 3 is 0.620 bits per heavy atom. The summed E-state index contributed by atoms with van der Waals surface area (Å²) in [5.41, 5.74) is 0. The lowest BCUT2D eigenvalue weighted by Crippen LogP contribution is -2.30. The van der Waals surface area contributed by atoms with E-state index < -0.39 is 97.5 Å². The maximum Gasteiger partial charge on any atom is 0.472 e. The van der Waals surface area contributed by atoms with Gasteiger partial charge in [0.05, 0.1) is 26.4 Å². The van der Waals surface area contributed by atoms with Crippen molar-refractivity contribution in [2.75, 3.05) is 39.6 Å². The van der Waals surface area contributed by atoms with E-state index in [1.807, 2.05) is 0 Å². The molecule has 0 aromatic rings. The van der Waals surface area contributed by atoms with Gasteiger partial charge in [-0.25, -0.2) is 9.13 Å². The lowest BCUT2D eigenvalue weighted by atomic mass is 10.0. The summed E-state index contributed by atoms with van der Waals surface area (Å²) in [6.45, 7) is 14.2. The normalized spacial score (nSPS) is 14.0. The minimum absolute atomic E-state index is 0.104. The van der Waals surface area contributed by atoms with Crippen molar-refractivity contribution >= 4 is 39.5 Å².